The largest absolute Gasteiger partial charge is 0.497 e. The first-order valence-electron chi connectivity index (χ1n) is 12.2. The van der Waals surface area contributed by atoms with Gasteiger partial charge in [0.1, 0.15) is 18.3 Å². The molecule has 198 valence electrons. The number of aryl methyl sites for hydroxylation is 2. The average Bonchev–Trinajstić information content (AvgIpc) is 2.83. The van der Waals surface area contributed by atoms with Gasteiger partial charge in [-0.15, -0.1) is 0 Å². The number of ether oxygens (including phenoxy) is 1. The average molecular weight is 518 g/mol. The van der Waals surface area contributed by atoms with E-state index in [1.54, 1.807) is 31.4 Å². The van der Waals surface area contributed by atoms with Crippen LogP contribution >= 0.6 is 0 Å². The van der Waals surface area contributed by atoms with Crippen molar-refractivity contribution in [3.8, 4) is 5.75 Å². The van der Waals surface area contributed by atoms with Crippen molar-refractivity contribution in [1.29, 1.82) is 0 Å². The third-order valence-electron chi connectivity index (χ3n) is 6.33. The molecular formula is C27H39N3O5S. The van der Waals surface area contributed by atoms with Crippen LogP contribution in [0.15, 0.2) is 42.5 Å². The molecule has 2 atom stereocenters. The van der Waals surface area contributed by atoms with Crippen molar-refractivity contribution in [3.63, 3.8) is 0 Å². The SMILES string of the molecule is CC[C@H](C)NC(=O)[C@H](CC)N(Cc1cccc(OC)c1)C(=O)CN(c1ccc(C)c(C)c1)S(C)(=O)=O. The zero-order chi connectivity index (χ0) is 27.0. The highest BCUT2D eigenvalue weighted by atomic mass is 32.2. The van der Waals surface area contributed by atoms with Crippen molar-refractivity contribution in [1.82, 2.24) is 10.2 Å². The highest BCUT2D eigenvalue weighted by Gasteiger charge is 2.32. The van der Waals surface area contributed by atoms with E-state index in [-0.39, 0.29) is 18.5 Å². The van der Waals surface area contributed by atoms with E-state index in [4.69, 9.17) is 4.74 Å². The number of hydrogen-bond donors (Lipinski definition) is 1. The van der Waals surface area contributed by atoms with Gasteiger partial charge in [0.05, 0.1) is 19.1 Å². The Bertz CT molecular complexity index is 1170. The van der Waals surface area contributed by atoms with Gasteiger partial charge >= 0.3 is 0 Å². The third kappa shape index (κ3) is 7.71. The van der Waals surface area contributed by atoms with Crippen molar-refractivity contribution in [3.05, 3.63) is 59.2 Å². The number of methoxy groups -OCH3 is 1. The summed E-state index contributed by atoms with van der Waals surface area (Å²) >= 11 is 0. The van der Waals surface area contributed by atoms with Crippen LogP contribution in [0.3, 0.4) is 0 Å². The minimum atomic E-state index is -3.77. The lowest BCUT2D eigenvalue weighted by atomic mass is 10.1. The minimum absolute atomic E-state index is 0.0524. The van der Waals surface area contributed by atoms with E-state index >= 15 is 0 Å². The maximum atomic E-state index is 13.8. The molecule has 36 heavy (non-hydrogen) atoms. The van der Waals surface area contributed by atoms with E-state index in [1.165, 1.54) is 4.90 Å². The van der Waals surface area contributed by atoms with E-state index < -0.39 is 28.5 Å². The second-order valence-electron chi connectivity index (χ2n) is 9.15. The van der Waals surface area contributed by atoms with Crippen molar-refractivity contribution >= 4 is 27.5 Å². The number of benzene rings is 2. The summed E-state index contributed by atoms with van der Waals surface area (Å²) in [5.74, 6) is -0.0993. The van der Waals surface area contributed by atoms with Crippen molar-refractivity contribution in [2.75, 3.05) is 24.2 Å². The Labute approximate surface area is 215 Å². The highest BCUT2D eigenvalue weighted by Crippen LogP contribution is 2.23. The molecule has 1 N–H and O–H groups in total. The molecule has 0 heterocycles. The van der Waals surface area contributed by atoms with Gasteiger partial charge in [-0.3, -0.25) is 13.9 Å². The summed E-state index contributed by atoms with van der Waals surface area (Å²) in [7, 11) is -2.21. The summed E-state index contributed by atoms with van der Waals surface area (Å²) in [6.45, 7) is 9.26. The summed E-state index contributed by atoms with van der Waals surface area (Å²) in [6.07, 6.45) is 2.20. The zero-order valence-corrected chi connectivity index (χ0v) is 23.2. The monoisotopic (exact) mass is 517 g/mol. The lowest BCUT2D eigenvalue weighted by Crippen LogP contribution is -2.53. The van der Waals surface area contributed by atoms with E-state index in [0.717, 1.165) is 33.7 Å². The van der Waals surface area contributed by atoms with Gasteiger partial charge in [0, 0.05) is 12.6 Å². The summed E-state index contributed by atoms with van der Waals surface area (Å²) in [4.78, 5) is 28.4. The van der Waals surface area contributed by atoms with Gasteiger partial charge in [0.15, 0.2) is 0 Å². The van der Waals surface area contributed by atoms with E-state index in [2.05, 4.69) is 5.32 Å². The fourth-order valence-corrected chi connectivity index (χ4v) is 4.66. The number of nitrogens with zero attached hydrogens (tertiary/aromatic N) is 2. The molecule has 0 unspecified atom stereocenters. The van der Waals surface area contributed by atoms with Crippen LogP contribution in [0, 0.1) is 13.8 Å². The summed E-state index contributed by atoms with van der Waals surface area (Å²) in [5.41, 5.74) is 3.12. The summed E-state index contributed by atoms with van der Waals surface area (Å²) in [5, 5.41) is 2.96. The Morgan fingerprint density at radius 3 is 2.28 bits per heavy atom. The van der Waals surface area contributed by atoms with Gasteiger partial charge in [-0.05, 0) is 74.6 Å². The standard InChI is InChI=1S/C27H39N3O5S/c1-8-21(5)28-27(32)25(9-2)29(17-22-11-10-12-24(16-22)35-6)26(31)18-30(36(7,33)34)23-14-13-19(3)20(4)15-23/h10-16,21,25H,8-9,17-18H2,1-7H3,(H,28,32)/t21-,25-/m0/s1. The molecule has 0 bridgehead atoms. The lowest BCUT2D eigenvalue weighted by Gasteiger charge is -2.33. The van der Waals surface area contributed by atoms with E-state index in [9.17, 15) is 18.0 Å². The number of sulfonamides is 1. The normalized spacial score (nSPS) is 13.0. The Hall–Kier alpha value is -3.07. The molecule has 2 amide bonds. The van der Waals surface area contributed by atoms with Gasteiger partial charge in [-0.25, -0.2) is 8.42 Å². The van der Waals surface area contributed by atoms with E-state index in [1.807, 2.05) is 52.8 Å². The molecular weight excluding hydrogens is 478 g/mol. The Kier molecular flexibility index (Phi) is 10.3. The number of carbonyl (C=O) groups excluding carboxylic acids is 2. The topological polar surface area (TPSA) is 96.0 Å². The van der Waals surface area contributed by atoms with Gasteiger partial charge in [0.25, 0.3) is 0 Å². The second kappa shape index (κ2) is 12.8. The molecule has 2 aromatic rings. The first-order chi connectivity index (χ1) is 16.9. The molecule has 0 aliphatic rings. The van der Waals surface area contributed by atoms with Crippen LogP contribution < -0.4 is 14.4 Å². The predicted octanol–water partition coefficient (Wildman–Crippen LogP) is 3.80. The molecule has 0 radical (unpaired) electrons. The molecule has 0 saturated carbocycles. The molecule has 0 aromatic heterocycles. The van der Waals surface area contributed by atoms with Crippen LogP contribution in [-0.4, -0.2) is 57.1 Å². The Morgan fingerprint density at radius 1 is 1.03 bits per heavy atom. The second-order valence-corrected chi connectivity index (χ2v) is 11.1. The maximum absolute atomic E-state index is 13.8. The molecule has 2 aromatic carbocycles. The van der Waals surface area contributed by atoms with Gasteiger partial charge in [-0.2, -0.15) is 0 Å². The van der Waals surface area contributed by atoms with Gasteiger partial charge in [0.2, 0.25) is 21.8 Å². The molecule has 8 nitrogen and oxygen atoms in total. The number of hydrogen-bond acceptors (Lipinski definition) is 5. The maximum Gasteiger partial charge on any atom is 0.244 e. The number of amides is 2. The molecule has 0 fully saturated rings. The smallest absolute Gasteiger partial charge is 0.244 e. The van der Waals surface area contributed by atoms with Crippen LogP contribution in [0.2, 0.25) is 0 Å². The predicted molar refractivity (Wildman–Crippen MR) is 144 cm³/mol. The molecule has 0 aliphatic heterocycles. The number of nitrogens with one attached hydrogen (secondary N) is 1. The molecule has 0 saturated heterocycles. The van der Waals surface area contributed by atoms with Crippen LogP contribution in [0.25, 0.3) is 0 Å². The third-order valence-corrected chi connectivity index (χ3v) is 7.47. The first kappa shape index (κ1) is 29.2. The quantitative estimate of drug-likeness (QED) is 0.462. The molecule has 9 heteroatoms. The van der Waals surface area contributed by atoms with Gasteiger partial charge < -0.3 is 15.0 Å². The fourth-order valence-electron chi connectivity index (χ4n) is 3.82. The number of carbonyl (C=O) groups is 2. The first-order valence-corrected chi connectivity index (χ1v) is 14.0. The number of rotatable bonds is 12. The number of anilines is 1. The van der Waals surface area contributed by atoms with Gasteiger partial charge in [-0.1, -0.05) is 32.0 Å². The van der Waals surface area contributed by atoms with Crippen molar-refractivity contribution in [2.45, 2.75) is 66.1 Å². The molecule has 0 aliphatic carbocycles. The van der Waals surface area contributed by atoms with Crippen LogP contribution in [0.4, 0.5) is 5.69 Å². The lowest BCUT2D eigenvalue weighted by molar-refractivity contribution is -0.140. The van der Waals surface area contributed by atoms with Crippen LogP contribution in [0.5, 0.6) is 5.75 Å². The molecule has 2 rings (SSSR count). The van der Waals surface area contributed by atoms with Crippen molar-refractivity contribution < 1.29 is 22.7 Å². The minimum Gasteiger partial charge on any atom is -0.497 e. The van der Waals surface area contributed by atoms with Crippen LogP contribution in [-0.2, 0) is 26.2 Å². The highest BCUT2D eigenvalue weighted by molar-refractivity contribution is 7.92. The van der Waals surface area contributed by atoms with E-state index in [0.29, 0.717) is 17.9 Å². The van der Waals surface area contributed by atoms with Crippen LogP contribution in [0.1, 0.15) is 50.3 Å². The molecule has 0 spiro atoms. The Morgan fingerprint density at radius 2 is 1.72 bits per heavy atom. The van der Waals surface area contributed by atoms with Crippen molar-refractivity contribution in [2.24, 2.45) is 0 Å². The zero-order valence-electron chi connectivity index (χ0n) is 22.4. The fraction of sp³-hybridized carbons (Fsp3) is 0.481. The summed E-state index contributed by atoms with van der Waals surface area (Å²) < 4.78 is 31.9. The Balaban J connectivity index is 2.47. The summed E-state index contributed by atoms with van der Waals surface area (Å²) in [6, 6.07) is 11.7.